The molecule has 1 saturated heterocycles. The number of carbonyl (C=O) groups excluding carboxylic acids is 2. The van der Waals surface area contributed by atoms with E-state index in [2.05, 4.69) is 22.2 Å². The maximum Gasteiger partial charge on any atom is 0.259 e. The van der Waals surface area contributed by atoms with Gasteiger partial charge in [-0.3, -0.25) is 9.59 Å². The number of piperidine rings is 1. The van der Waals surface area contributed by atoms with Gasteiger partial charge in [0.15, 0.2) is 0 Å². The zero-order chi connectivity index (χ0) is 20.3. The number of para-hydroxylation sites is 1. The average Bonchev–Trinajstić information content (AvgIpc) is 2.68. The highest BCUT2D eigenvalue weighted by atomic mass is 16.2. The van der Waals surface area contributed by atoms with Crippen LogP contribution >= 0.6 is 0 Å². The number of nitrogens with one attached hydrogen (secondary N) is 1. The zero-order valence-electron chi connectivity index (χ0n) is 16.9. The first-order valence-corrected chi connectivity index (χ1v) is 9.60. The number of nitrogens with zero attached hydrogens (tertiary/aromatic N) is 4. The first-order valence-electron chi connectivity index (χ1n) is 9.60. The van der Waals surface area contributed by atoms with Crippen LogP contribution in [0.4, 0.5) is 11.6 Å². The van der Waals surface area contributed by atoms with Gasteiger partial charge < -0.3 is 15.1 Å². The van der Waals surface area contributed by atoms with Gasteiger partial charge in [-0.25, -0.2) is 9.97 Å². The quantitative estimate of drug-likeness (QED) is 0.880. The Morgan fingerprint density at radius 1 is 1.18 bits per heavy atom. The van der Waals surface area contributed by atoms with Crippen LogP contribution in [-0.4, -0.2) is 53.4 Å². The highest BCUT2D eigenvalue weighted by Crippen LogP contribution is 2.24. The minimum atomic E-state index is -0.324. The normalized spacial score (nSPS) is 16.6. The monoisotopic (exact) mass is 381 g/mol. The lowest BCUT2D eigenvalue weighted by Gasteiger charge is -2.34. The van der Waals surface area contributed by atoms with Crippen molar-refractivity contribution in [2.24, 2.45) is 0 Å². The molecular formula is C21H27N5O2. The number of rotatable bonds is 4. The van der Waals surface area contributed by atoms with Gasteiger partial charge in [-0.1, -0.05) is 12.1 Å². The van der Waals surface area contributed by atoms with Crippen LogP contribution in [0.15, 0.2) is 30.5 Å². The molecule has 2 amide bonds. The molecule has 1 fully saturated rings. The zero-order valence-corrected chi connectivity index (χ0v) is 16.9. The molecule has 1 aliphatic heterocycles. The highest BCUT2D eigenvalue weighted by Gasteiger charge is 2.26. The Bertz CT molecular complexity index is 881. The van der Waals surface area contributed by atoms with Gasteiger partial charge in [0.05, 0.1) is 22.5 Å². The lowest BCUT2D eigenvalue weighted by atomic mass is 10.0. The lowest BCUT2D eigenvalue weighted by molar-refractivity contribution is 0.0636. The first-order chi connectivity index (χ1) is 13.4. The van der Waals surface area contributed by atoms with Gasteiger partial charge in [-0.2, -0.15) is 0 Å². The van der Waals surface area contributed by atoms with E-state index < -0.39 is 0 Å². The Labute approximate surface area is 165 Å². The van der Waals surface area contributed by atoms with Crippen molar-refractivity contribution in [2.45, 2.75) is 39.2 Å². The third kappa shape index (κ3) is 4.13. The summed E-state index contributed by atoms with van der Waals surface area (Å²) in [6.45, 7) is 4.60. The molecule has 0 saturated carbocycles. The molecule has 1 aromatic heterocycles. The molecule has 0 aliphatic carbocycles. The summed E-state index contributed by atoms with van der Waals surface area (Å²) in [5.41, 5.74) is 1.99. The van der Waals surface area contributed by atoms with E-state index in [1.54, 1.807) is 24.0 Å². The van der Waals surface area contributed by atoms with Crippen molar-refractivity contribution < 1.29 is 9.59 Å². The maximum atomic E-state index is 13.1. The number of aryl methyl sites for hydroxylation is 1. The standard InChI is InChI=1S/C21H27N5O2/c1-14-9-7-8-12-26(14)20(28)16-10-5-6-11-18(16)24-19(27)17-13-22-21(25(3)4)23-15(17)2/h5-6,10-11,13-14H,7-9,12H2,1-4H3,(H,24,27). The largest absolute Gasteiger partial charge is 0.347 e. The summed E-state index contributed by atoms with van der Waals surface area (Å²) in [5, 5.41) is 2.87. The van der Waals surface area contributed by atoms with Crippen LogP contribution in [0.5, 0.6) is 0 Å². The maximum absolute atomic E-state index is 13.1. The topological polar surface area (TPSA) is 78.4 Å². The predicted molar refractivity (Wildman–Crippen MR) is 110 cm³/mol. The van der Waals surface area contributed by atoms with E-state index in [4.69, 9.17) is 0 Å². The van der Waals surface area contributed by atoms with Crippen LogP contribution in [-0.2, 0) is 0 Å². The number of amides is 2. The van der Waals surface area contributed by atoms with Crippen molar-refractivity contribution >= 4 is 23.5 Å². The van der Waals surface area contributed by atoms with Gasteiger partial charge in [0, 0.05) is 32.9 Å². The number of benzene rings is 1. The van der Waals surface area contributed by atoms with E-state index in [1.807, 2.05) is 31.1 Å². The van der Waals surface area contributed by atoms with Gasteiger partial charge in [0.2, 0.25) is 5.95 Å². The number of hydrogen-bond donors (Lipinski definition) is 1. The molecule has 3 rings (SSSR count). The molecule has 0 radical (unpaired) electrons. The number of anilines is 2. The summed E-state index contributed by atoms with van der Waals surface area (Å²) < 4.78 is 0. The fourth-order valence-electron chi connectivity index (χ4n) is 3.42. The van der Waals surface area contributed by atoms with Crippen LogP contribution in [0, 0.1) is 6.92 Å². The molecule has 1 aromatic carbocycles. The van der Waals surface area contributed by atoms with Crippen LogP contribution in [0.25, 0.3) is 0 Å². The number of hydrogen-bond acceptors (Lipinski definition) is 5. The molecule has 1 unspecified atom stereocenters. The molecule has 7 heteroatoms. The Morgan fingerprint density at radius 3 is 2.61 bits per heavy atom. The van der Waals surface area contributed by atoms with Crippen LogP contribution in [0.1, 0.15) is 52.6 Å². The molecule has 7 nitrogen and oxygen atoms in total. The second kappa shape index (κ2) is 8.37. The molecule has 148 valence electrons. The van der Waals surface area contributed by atoms with Gasteiger partial charge in [-0.05, 0) is 45.2 Å². The summed E-state index contributed by atoms with van der Waals surface area (Å²) in [6.07, 6.45) is 4.68. The molecule has 0 bridgehead atoms. The Kier molecular flexibility index (Phi) is 5.92. The van der Waals surface area contributed by atoms with Gasteiger partial charge in [0.25, 0.3) is 11.8 Å². The lowest BCUT2D eigenvalue weighted by Crippen LogP contribution is -2.42. The van der Waals surface area contributed by atoms with Crippen LogP contribution < -0.4 is 10.2 Å². The smallest absolute Gasteiger partial charge is 0.259 e. The predicted octanol–water partition coefficient (Wildman–Crippen LogP) is 3.12. The summed E-state index contributed by atoms with van der Waals surface area (Å²) in [5.74, 6) is 0.178. The van der Waals surface area contributed by atoms with E-state index in [0.717, 1.165) is 25.8 Å². The van der Waals surface area contributed by atoms with Crippen molar-refractivity contribution in [1.29, 1.82) is 0 Å². The van der Waals surface area contributed by atoms with Crippen molar-refractivity contribution in [2.75, 3.05) is 30.9 Å². The molecule has 0 spiro atoms. The van der Waals surface area contributed by atoms with Crippen molar-refractivity contribution in [3.05, 3.63) is 47.3 Å². The van der Waals surface area contributed by atoms with E-state index in [0.29, 0.717) is 28.5 Å². The third-order valence-electron chi connectivity index (χ3n) is 5.08. The molecule has 1 N–H and O–H groups in total. The number of likely N-dealkylation sites (tertiary alicyclic amines) is 1. The van der Waals surface area contributed by atoms with Gasteiger partial charge >= 0.3 is 0 Å². The minimum absolute atomic E-state index is 0.0426. The second-order valence-electron chi connectivity index (χ2n) is 7.41. The highest BCUT2D eigenvalue weighted by molar-refractivity contribution is 6.09. The second-order valence-corrected chi connectivity index (χ2v) is 7.41. The molecule has 28 heavy (non-hydrogen) atoms. The fraction of sp³-hybridized carbons (Fsp3) is 0.429. The summed E-state index contributed by atoms with van der Waals surface area (Å²) in [7, 11) is 3.69. The van der Waals surface area contributed by atoms with Gasteiger partial charge in [-0.15, -0.1) is 0 Å². The Morgan fingerprint density at radius 2 is 1.93 bits per heavy atom. The molecule has 1 atom stereocenters. The summed E-state index contributed by atoms with van der Waals surface area (Å²) in [4.78, 5) is 38.1. The number of aromatic nitrogens is 2. The van der Waals surface area contributed by atoms with E-state index >= 15 is 0 Å². The molecule has 2 aromatic rings. The Hall–Kier alpha value is -2.96. The molecule has 1 aliphatic rings. The molecular weight excluding hydrogens is 354 g/mol. The van der Waals surface area contributed by atoms with Crippen LogP contribution in [0.3, 0.4) is 0 Å². The van der Waals surface area contributed by atoms with E-state index in [1.165, 1.54) is 6.20 Å². The van der Waals surface area contributed by atoms with Gasteiger partial charge in [0.1, 0.15) is 0 Å². The van der Waals surface area contributed by atoms with E-state index in [-0.39, 0.29) is 17.9 Å². The summed E-state index contributed by atoms with van der Waals surface area (Å²) >= 11 is 0. The van der Waals surface area contributed by atoms with Crippen LogP contribution in [0.2, 0.25) is 0 Å². The first kappa shape index (κ1) is 19.8. The van der Waals surface area contributed by atoms with E-state index in [9.17, 15) is 9.59 Å². The SMILES string of the molecule is Cc1nc(N(C)C)ncc1C(=O)Nc1ccccc1C(=O)N1CCCCC1C. The molecule has 2 heterocycles. The fourth-order valence-corrected chi connectivity index (χ4v) is 3.42. The third-order valence-corrected chi connectivity index (χ3v) is 5.08. The van der Waals surface area contributed by atoms with Crippen molar-refractivity contribution in [3.63, 3.8) is 0 Å². The van der Waals surface area contributed by atoms with Crippen molar-refractivity contribution in [1.82, 2.24) is 14.9 Å². The number of carbonyl (C=O) groups is 2. The summed E-state index contributed by atoms with van der Waals surface area (Å²) in [6, 6.07) is 7.35. The van der Waals surface area contributed by atoms with Crippen molar-refractivity contribution in [3.8, 4) is 0 Å². The minimum Gasteiger partial charge on any atom is -0.347 e. The Balaban J connectivity index is 1.83. The average molecular weight is 381 g/mol.